The van der Waals surface area contributed by atoms with Gasteiger partial charge >= 0.3 is 0 Å². The minimum absolute atomic E-state index is 0.112. The highest BCUT2D eigenvalue weighted by Crippen LogP contribution is 2.50. The summed E-state index contributed by atoms with van der Waals surface area (Å²) in [5.74, 6) is -0.227. The molecule has 288 valence electrons. The summed E-state index contributed by atoms with van der Waals surface area (Å²) in [4.78, 5) is 2.38. The third kappa shape index (κ3) is 6.39. The molecule has 0 aromatic heterocycles. The Labute approximate surface area is 353 Å². The topological polar surface area (TPSA) is 3.24 Å². The highest BCUT2D eigenvalue weighted by Gasteiger charge is 2.41. The Morgan fingerprint density at radius 1 is 0.350 bits per heavy atom. The van der Waals surface area contributed by atoms with Gasteiger partial charge in [-0.3, -0.25) is 0 Å². The van der Waals surface area contributed by atoms with Gasteiger partial charge in [-0.1, -0.05) is 196 Å². The summed E-state index contributed by atoms with van der Waals surface area (Å²) in [5, 5.41) is 4.92. The van der Waals surface area contributed by atoms with Crippen LogP contribution in [-0.2, 0) is 5.41 Å². The second-order valence-corrected chi connectivity index (χ2v) is 20.1. The fourth-order valence-corrected chi connectivity index (χ4v) is 14.2. The van der Waals surface area contributed by atoms with Gasteiger partial charge in [0.05, 0.1) is 0 Å². The number of hydrogen-bond acceptors (Lipinski definition) is 1. The molecule has 0 bridgehead atoms. The summed E-state index contributed by atoms with van der Waals surface area (Å²) >= 11 is 0. The molecule has 0 N–H and O–H groups in total. The average Bonchev–Trinajstić information content (AvgIpc) is 3.54. The van der Waals surface area contributed by atoms with Crippen LogP contribution in [-0.4, -0.2) is 8.07 Å². The van der Waals surface area contributed by atoms with Crippen LogP contribution in [0.3, 0.4) is 0 Å². The van der Waals surface area contributed by atoms with E-state index in [9.17, 15) is 4.39 Å². The molecule has 0 heterocycles. The van der Waals surface area contributed by atoms with Crippen LogP contribution >= 0.6 is 0 Å². The van der Waals surface area contributed by atoms with E-state index in [1.807, 2.05) is 12.1 Å². The standard InChI is InChI=1S/C57H44FNSi/c1-57(2)55-21-13-12-20-53(55)54-39-34-48(40-56(54)57)59(46-30-22-42(23-31-46)41-14-6-3-7-15-41)47-32-24-43(25-33-47)44-26-35-51(36-27-44)60(49-16-8-4-9-17-49,50-18-10-5-11-19-50)52-37-28-45(58)29-38-52/h3-40H,1-2H3. The van der Waals surface area contributed by atoms with Crippen LogP contribution in [0.25, 0.3) is 33.4 Å². The largest absolute Gasteiger partial charge is 0.310 e. The second kappa shape index (κ2) is 15.3. The molecule has 0 unspecified atom stereocenters. The molecule has 10 rings (SSSR count). The van der Waals surface area contributed by atoms with Crippen molar-refractivity contribution in [1.82, 2.24) is 0 Å². The van der Waals surface area contributed by atoms with Gasteiger partial charge in [0.15, 0.2) is 8.07 Å². The molecule has 0 saturated heterocycles. The molecule has 0 radical (unpaired) electrons. The Morgan fingerprint density at radius 3 is 1.27 bits per heavy atom. The molecule has 9 aromatic rings. The fraction of sp³-hybridized carbons (Fsp3) is 0.0526. The molecule has 0 amide bonds. The van der Waals surface area contributed by atoms with E-state index in [1.54, 1.807) is 12.1 Å². The van der Waals surface area contributed by atoms with Gasteiger partial charge in [0.1, 0.15) is 5.82 Å². The zero-order valence-corrected chi connectivity index (χ0v) is 34.8. The summed E-state index contributed by atoms with van der Waals surface area (Å²) in [6, 6.07) is 82.0. The summed E-state index contributed by atoms with van der Waals surface area (Å²) < 4.78 is 14.4. The first-order valence-corrected chi connectivity index (χ1v) is 22.7. The minimum Gasteiger partial charge on any atom is -0.310 e. The molecular weight excluding hydrogens is 746 g/mol. The first-order chi connectivity index (χ1) is 29.4. The molecule has 9 aromatic carbocycles. The zero-order chi connectivity index (χ0) is 40.7. The third-order valence-electron chi connectivity index (χ3n) is 12.5. The minimum atomic E-state index is -2.78. The lowest BCUT2D eigenvalue weighted by Crippen LogP contribution is -2.74. The van der Waals surface area contributed by atoms with Gasteiger partial charge in [-0.05, 0) is 114 Å². The lowest BCUT2D eigenvalue weighted by Gasteiger charge is -2.34. The van der Waals surface area contributed by atoms with E-state index in [0.717, 1.165) is 33.4 Å². The molecular formula is C57H44FNSi. The van der Waals surface area contributed by atoms with Crippen LogP contribution in [0.1, 0.15) is 25.0 Å². The normalized spacial score (nSPS) is 12.7. The lowest BCUT2D eigenvalue weighted by molar-refractivity contribution is 0.628. The van der Waals surface area contributed by atoms with Crippen LogP contribution in [0, 0.1) is 5.82 Å². The van der Waals surface area contributed by atoms with Crippen LogP contribution in [0.15, 0.2) is 231 Å². The summed E-state index contributed by atoms with van der Waals surface area (Å²) in [6.45, 7) is 4.68. The number of fused-ring (bicyclic) bond motifs is 3. The van der Waals surface area contributed by atoms with Crippen molar-refractivity contribution in [3.05, 3.63) is 247 Å². The molecule has 0 saturated carbocycles. The van der Waals surface area contributed by atoms with E-state index in [1.165, 1.54) is 48.9 Å². The Morgan fingerprint density at radius 2 is 0.733 bits per heavy atom. The van der Waals surface area contributed by atoms with Gasteiger partial charge in [0.2, 0.25) is 0 Å². The maximum absolute atomic E-state index is 14.4. The number of halogens is 1. The number of rotatable bonds is 9. The first-order valence-electron chi connectivity index (χ1n) is 20.7. The molecule has 0 atom stereocenters. The second-order valence-electron chi connectivity index (χ2n) is 16.3. The van der Waals surface area contributed by atoms with Crippen molar-refractivity contribution in [2.24, 2.45) is 0 Å². The predicted molar refractivity (Wildman–Crippen MR) is 253 cm³/mol. The average molecular weight is 790 g/mol. The van der Waals surface area contributed by atoms with Crippen LogP contribution < -0.4 is 25.6 Å². The van der Waals surface area contributed by atoms with Crippen molar-refractivity contribution >= 4 is 45.9 Å². The van der Waals surface area contributed by atoms with Crippen molar-refractivity contribution in [3.8, 4) is 33.4 Å². The van der Waals surface area contributed by atoms with Crippen LogP contribution in [0.2, 0.25) is 0 Å². The molecule has 0 aliphatic heterocycles. The molecule has 1 nitrogen and oxygen atoms in total. The van der Waals surface area contributed by atoms with Crippen LogP contribution in [0.5, 0.6) is 0 Å². The zero-order valence-electron chi connectivity index (χ0n) is 33.8. The third-order valence-corrected chi connectivity index (χ3v) is 17.3. The van der Waals surface area contributed by atoms with Gasteiger partial charge < -0.3 is 4.90 Å². The van der Waals surface area contributed by atoms with Gasteiger partial charge in [-0.15, -0.1) is 0 Å². The quantitative estimate of drug-likeness (QED) is 0.104. The fourth-order valence-electron chi connectivity index (χ4n) is 9.50. The van der Waals surface area contributed by atoms with Gasteiger partial charge in [0.25, 0.3) is 0 Å². The van der Waals surface area contributed by atoms with Crippen molar-refractivity contribution < 1.29 is 4.39 Å². The monoisotopic (exact) mass is 789 g/mol. The number of anilines is 3. The SMILES string of the molecule is CC1(C)c2ccccc2-c2ccc(N(c3ccc(-c4ccccc4)cc3)c3ccc(-c4ccc([Si](c5ccccc5)(c5ccccc5)c5ccc(F)cc5)cc4)cc3)cc21. The van der Waals surface area contributed by atoms with E-state index in [0.29, 0.717) is 0 Å². The van der Waals surface area contributed by atoms with Crippen molar-refractivity contribution in [2.45, 2.75) is 19.3 Å². The Bertz CT molecular complexity index is 2870. The molecule has 3 heteroatoms. The Hall–Kier alpha value is -7.07. The van der Waals surface area contributed by atoms with Crippen molar-refractivity contribution in [1.29, 1.82) is 0 Å². The van der Waals surface area contributed by atoms with Gasteiger partial charge in [-0.2, -0.15) is 0 Å². The number of nitrogens with zero attached hydrogens (tertiary/aromatic N) is 1. The number of benzene rings is 9. The smallest absolute Gasteiger partial charge is 0.179 e. The van der Waals surface area contributed by atoms with Gasteiger partial charge in [-0.25, -0.2) is 4.39 Å². The molecule has 1 aliphatic carbocycles. The van der Waals surface area contributed by atoms with E-state index in [-0.39, 0.29) is 11.2 Å². The highest BCUT2D eigenvalue weighted by atomic mass is 28.3. The molecule has 0 spiro atoms. The predicted octanol–water partition coefficient (Wildman–Crippen LogP) is 12.3. The number of hydrogen-bond donors (Lipinski definition) is 0. The van der Waals surface area contributed by atoms with Crippen molar-refractivity contribution in [3.63, 3.8) is 0 Å². The van der Waals surface area contributed by atoms with E-state index in [2.05, 4.69) is 225 Å². The summed E-state index contributed by atoms with van der Waals surface area (Å²) in [5.41, 5.74) is 13.2. The lowest BCUT2D eigenvalue weighted by atomic mass is 9.82. The first kappa shape index (κ1) is 37.2. The van der Waals surface area contributed by atoms with E-state index < -0.39 is 8.07 Å². The summed E-state index contributed by atoms with van der Waals surface area (Å²) in [7, 11) is -2.78. The van der Waals surface area contributed by atoms with E-state index in [4.69, 9.17) is 0 Å². The molecule has 60 heavy (non-hydrogen) atoms. The maximum Gasteiger partial charge on any atom is 0.179 e. The highest BCUT2D eigenvalue weighted by molar-refractivity contribution is 7.19. The maximum atomic E-state index is 14.4. The van der Waals surface area contributed by atoms with Crippen molar-refractivity contribution in [2.75, 3.05) is 4.90 Å². The Kier molecular flexibility index (Phi) is 9.47. The molecule has 1 aliphatic rings. The van der Waals surface area contributed by atoms with Crippen LogP contribution in [0.4, 0.5) is 21.5 Å². The Balaban J connectivity index is 1.04. The van der Waals surface area contributed by atoms with E-state index >= 15 is 0 Å². The molecule has 0 fully saturated rings. The summed E-state index contributed by atoms with van der Waals surface area (Å²) in [6.07, 6.45) is 0. The van der Waals surface area contributed by atoms with Gasteiger partial charge in [0, 0.05) is 22.5 Å².